The molecule has 0 aliphatic carbocycles. The fourth-order valence-corrected chi connectivity index (χ4v) is 0.443. The summed E-state index contributed by atoms with van der Waals surface area (Å²) < 4.78 is 0. The second-order valence-electron chi connectivity index (χ2n) is 1.62. The van der Waals surface area contributed by atoms with Gasteiger partial charge in [-0.2, -0.15) is 0 Å². The molecule has 0 spiro atoms. The van der Waals surface area contributed by atoms with Crippen LogP contribution in [0.1, 0.15) is 6.92 Å². The van der Waals surface area contributed by atoms with Crippen LogP contribution in [0.3, 0.4) is 0 Å². The van der Waals surface area contributed by atoms with Crippen LogP contribution in [-0.4, -0.2) is 30.2 Å². The normalized spacial score (nSPS) is 10.4. The van der Waals surface area contributed by atoms with Crippen molar-refractivity contribution in [2.45, 2.75) is 6.92 Å². The van der Waals surface area contributed by atoms with Crippen molar-refractivity contribution in [1.29, 1.82) is 0 Å². The van der Waals surface area contributed by atoms with E-state index in [4.69, 9.17) is 5.11 Å². The summed E-state index contributed by atoms with van der Waals surface area (Å²) in [5.74, 6) is 0. The van der Waals surface area contributed by atoms with Gasteiger partial charge in [0.15, 0.2) is 0 Å². The molecule has 2 nitrogen and oxygen atoms in total. The smallest absolute Gasteiger partial charge is 0.0606 e. The predicted molar refractivity (Wildman–Crippen MR) is 33.2 cm³/mol. The first kappa shape index (κ1) is 7.50. The van der Waals surface area contributed by atoms with E-state index < -0.39 is 0 Å². The molecule has 0 rings (SSSR count). The lowest BCUT2D eigenvalue weighted by atomic mass is 10.6. The van der Waals surface area contributed by atoms with Crippen LogP contribution in [0.2, 0.25) is 0 Å². The molecular weight excluding hydrogens is 102 g/mol. The minimum atomic E-state index is 0.203. The highest BCUT2D eigenvalue weighted by Crippen LogP contribution is 1.79. The Bertz CT molecular complexity index is 70.9. The van der Waals surface area contributed by atoms with Crippen LogP contribution >= 0.6 is 0 Å². The largest absolute Gasteiger partial charge is 0.395 e. The summed E-state index contributed by atoms with van der Waals surface area (Å²) in [7, 11) is 1.90. The van der Waals surface area contributed by atoms with Crippen LogP contribution in [-0.2, 0) is 0 Å². The SMILES string of the molecule is C/[C]=C/N(C)CCO. The average Bonchev–Trinajstić information content (AvgIpc) is 1.68. The molecule has 0 fully saturated rings. The monoisotopic (exact) mass is 114 g/mol. The number of allylic oxidation sites excluding steroid dienone is 1. The molecule has 0 aliphatic rings. The third kappa shape index (κ3) is 3.68. The highest BCUT2D eigenvalue weighted by atomic mass is 16.3. The zero-order chi connectivity index (χ0) is 6.41. The van der Waals surface area contributed by atoms with Gasteiger partial charge in [-0.25, -0.2) is 0 Å². The Kier molecular flexibility index (Phi) is 4.36. The van der Waals surface area contributed by atoms with Crippen LogP contribution in [0.15, 0.2) is 6.20 Å². The Labute approximate surface area is 50.4 Å². The summed E-state index contributed by atoms with van der Waals surface area (Å²) in [5.41, 5.74) is 0. The molecule has 0 aromatic heterocycles. The Hall–Kier alpha value is -0.500. The van der Waals surface area contributed by atoms with E-state index in [0.29, 0.717) is 6.54 Å². The van der Waals surface area contributed by atoms with Crippen molar-refractivity contribution in [3.8, 4) is 0 Å². The van der Waals surface area contributed by atoms with Crippen molar-refractivity contribution >= 4 is 0 Å². The molecule has 0 atom stereocenters. The minimum absolute atomic E-state index is 0.203. The lowest BCUT2D eigenvalue weighted by molar-refractivity contribution is 0.254. The van der Waals surface area contributed by atoms with Crippen molar-refractivity contribution in [2.75, 3.05) is 20.2 Å². The van der Waals surface area contributed by atoms with Crippen molar-refractivity contribution in [3.05, 3.63) is 12.3 Å². The van der Waals surface area contributed by atoms with E-state index in [1.54, 1.807) is 6.20 Å². The lowest BCUT2D eigenvalue weighted by Crippen LogP contribution is -2.14. The van der Waals surface area contributed by atoms with Gasteiger partial charge in [-0.3, -0.25) is 0 Å². The highest BCUT2D eigenvalue weighted by Gasteiger charge is 1.83. The standard InChI is InChI=1S/C6H12NO/c1-3-4-7(2)5-6-8/h4,8H,5-6H2,1-2H3. The van der Waals surface area contributed by atoms with Gasteiger partial charge in [0.1, 0.15) is 0 Å². The molecule has 1 radical (unpaired) electrons. The van der Waals surface area contributed by atoms with Gasteiger partial charge in [0.2, 0.25) is 0 Å². The van der Waals surface area contributed by atoms with Crippen LogP contribution in [0.25, 0.3) is 0 Å². The number of aliphatic hydroxyl groups is 1. The van der Waals surface area contributed by atoms with Crippen LogP contribution in [0, 0.1) is 6.08 Å². The topological polar surface area (TPSA) is 23.5 Å². The predicted octanol–water partition coefficient (Wildman–Crippen LogP) is 0.247. The van der Waals surface area contributed by atoms with E-state index in [-0.39, 0.29) is 6.61 Å². The average molecular weight is 114 g/mol. The molecule has 2 heteroatoms. The summed E-state index contributed by atoms with van der Waals surface area (Å²) >= 11 is 0. The van der Waals surface area contributed by atoms with E-state index in [0.717, 1.165) is 0 Å². The number of hydrogen-bond acceptors (Lipinski definition) is 2. The number of aliphatic hydroxyl groups excluding tert-OH is 1. The fourth-order valence-electron chi connectivity index (χ4n) is 0.443. The lowest BCUT2D eigenvalue weighted by Gasteiger charge is -2.09. The van der Waals surface area contributed by atoms with E-state index >= 15 is 0 Å². The Morgan fingerprint density at radius 3 is 2.75 bits per heavy atom. The minimum Gasteiger partial charge on any atom is -0.395 e. The van der Waals surface area contributed by atoms with E-state index in [1.165, 1.54) is 0 Å². The molecule has 0 saturated heterocycles. The third-order valence-corrected chi connectivity index (χ3v) is 0.802. The van der Waals surface area contributed by atoms with Crippen LogP contribution < -0.4 is 0 Å². The van der Waals surface area contributed by atoms with Gasteiger partial charge in [0, 0.05) is 19.8 Å². The molecule has 0 aromatic rings. The van der Waals surface area contributed by atoms with E-state index in [1.807, 2.05) is 18.9 Å². The van der Waals surface area contributed by atoms with E-state index in [9.17, 15) is 0 Å². The summed E-state index contributed by atoms with van der Waals surface area (Å²) in [4.78, 5) is 1.88. The molecule has 0 unspecified atom stereocenters. The van der Waals surface area contributed by atoms with Crippen molar-refractivity contribution in [2.24, 2.45) is 0 Å². The maximum Gasteiger partial charge on any atom is 0.0606 e. The number of likely N-dealkylation sites (N-methyl/N-ethyl adjacent to an activating group) is 1. The summed E-state index contributed by atoms with van der Waals surface area (Å²) in [5, 5.41) is 8.37. The quantitative estimate of drug-likeness (QED) is 0.568. The Morgan fingerprint density at radius 2 is 2.38 bits per heavy atom. The molecule has 47 valence electrons. The van der Waals surface area contributed by atoms with E-state index in [2.05, 4.69) is 6.08 Å². The molecule has 0 amide bonds. The van der Waals surface area contributed by atoms with Gasteiger partial charge in [0.25, 0.3) is 0 Å². The zero-order valence-electron chi connectivity index (χ0n) is 5.39. The maximum absolute atomic E-state index is 8.37. The first-order valence-electron chi connectivity index (χ1n) is 2.63. The first-order chi connectivity index (χ1) is 3.81. The molecule has 0 aliphatic heterocycles. The number of nitrogens with zero attached hydrogens (tertiary/aromatic N) is 1. The zero-order valence-corrected chi connectivity index (χ0v) is 5.39. The second-order valence-corrected chi connectivity index (χ2v) is 1.62. The fraction of sp³-hybridized carbons (Fsp3) is 0.667. The van der Waals surface area contributed by atoms with Crippen LogP contribution in [0.5, 0.6) is 0 Å². The molecular formula is C6H12NO. The summed E-state index contributed by atoms with van der Waals surface area (Å²) in [6, 6.07) is 0. The van der Waals surface area contributed by atoms with Gasteiger partial charge in [-0.05, 0) is 13.0 Å². The van der Waals surface area contributed by atoms with Crippen molar-refractivity contribution in [3.63, 3.8) is 0 Å². The maximum atomic E-state index is 8.37. The van der Waals surface area contributed by atoms with Crippen molar-refractivity contribution in [1.82, 2.24) is 4.90 Å². The van der Waals surface area contributed by atoms with Gasteiger partial charge >= 0.3 is 0 Å². The Morgan fingerprint density at radius 1 is 1.75 bits per heavy atom. The molecule has 0 aromatic carbocycles. The molecule has 8 heavy (non-hydrogen) atoms. The second kappa shape index (κ2) is 4.65. The molecule has 0 saturated carbocycles. The highest BCUT2D eigenvalue weighted by molar-refractivity contribution is 4.68. The van der Waals surface area contributed by atoms with Crippen molar-refractivity contribution < 1.29 is 5.11 Å². The first-order valence-corrected chi connectivity index (χ1v) is 2.63. The third-order valence-electron chi connectivity index (χ3n) is 0.802. The van der Waals surface area contributed by atoms with Gasteiger partial charge in [-0.15, -0.1) is 0 Å². The summed E-state index contributed by atoms with van der Waals surface area (Å²) in [6.07, 6.45) is 4.64. The van der Waals surface area contributed by atoms with Gasteiger partial charge < -0.3 is 10.0 Å². The molecule has 1 N–H and O–H groups in total. The summed E-state index contributed by atoms with van der Waals surface area (Å²) in [6.45, 7) is 2.71. The molecule has 0 bridgehead atoms. The van der Waals surface area contributed by atoms with Crippen LogP contribution in [0.4, 0.5) is 0 Å². The van der Waals surface area contributed by atoms with Gasteiger partial charge in [0.05, 0.1) is 6.61 Å². The Balaban J connectivity index is 3.17. The molecule has 0 heterocycles. The van der Waals surface area contributed by atoms with Gasteiger partial charge in [-0.1, -0.05) is 0 Å². The number of hydrogen-bond donors (Lipinski definition) is 1. The number of rotatable bonds is 3.